The highest BCUT2D eigenvalue weighted by Gasteiger charge is 2.27. The van der Waals surface area contributed by atoms with Gasteiger partial charge in [0.15, 0.2) is 0 Å². The molecular formula is C16H19NO3. The maximum atomic E-state index is 12.5. The van der Waals surface area contributed by atoms with Gasteiger partial charge in [-0.1, -0.05) is 12.2 Å². The molecule has 0 radical (unpaired) electrons. The lowest BCUT2D eigenvalue weighted by Gasteiger charge is -2.23. The van der Waals surface area contributed by atoms with Crippen molar-refractivity contribution in [3.05, 3.63) is 35.9 Å². The highest BCUT2D eigenvalue weighted by atomic mass is 16.5. The molecule has 0 saturated heterocycles. The summed E-state index contributed by atoms with van der Waals surface area (Å²) < 4.78 is 11.0. The minimum Gasteiger partial charge on any atom is -0.497 e. The molecule has 0 atom stereocenters. The van der Waals surface area contributed by atoms with Gasteiger partial charge in [0.25, 0.3) is 0 Å². The van der Waals surface area contributed by atoms with Gasteiger partial charge in [-0.2, -0.15) is 0 Å². The van der Waals surface area contributed by atoms with Crippen LogP contribution in [0.3, 0.4) is 0 Å². The number of nitrogens with zero attached hydrogens (tertiary/aromatic N) is 1. The maximum Gasteiger partial charge on any atom is 0.226 e. The van der Waals surface area contributed by atoms with Crippen LogP contribution in [0.4, 0.5) is 0 Å². The maximum absolute atomic E-state index is 12.5. The highest BCUT2D eigenvalue weighted by molar-refractivity contribution is 5.79. The van der Waals surface area contributed by atoms with E-state index >= 15 is 0 Å². The van der Waals surface area contributed by atoms with Crippen molar-refractivity contribution in [3.8, 4) is 11.5 Å². The summed E-state index contributed by atoms with van der Waals surface area (Å²) in [6, 6.07) is 5.78. The summed E-state index contributed by atoms with van der Waals surface area (Å²) in [7, 11) is 1.64. The third-order valence-electron chi connectivity index (χ3n) is 3.92. The Bertz CT molecular complexity index is 531. The lowest BCUT2D eigenvalue weighted by molar-refractivity contribution is -0.135. The van der Waals surface area contributed by atoms with E-state index < -0.39 is 0 Å². The first-order valence-electron chi connectivity index (χ1n) is 7.01. The van der Waals surface area contributed by atoms with Gasteiger partial charge in [0.1, 0.15) is 18.1 Å². The fourth-order valence-electron chi connectivity index (χ4n) is 2.74. The third-order valence-corrected chi connectivity index (χ3v) is 3.92. The van der Waals surface area contributed by atoms with E-state index in [0.717, 1.165) is 29.9 Å². The van der Waals surface area contributed by atoms with E-state index in [1.165, 1.54) is 0 Å². The molecule has 1 aromatic rings. The number of ether oxygens (including phenoxy) is 2. The van der Waals surface area contributed by atoms with E-state index in [1.807, 2.05) is 23.1 Å². The van der Waals surface area contributed by atoms with Crippen molar-refractivity contribution < 1.29 is 14.3 Å². The Labute approximate surface area is 119 Å². The monoisotopic (exact) mass is 273 g/mol. The predicted molar refractivity (Wildman–Crippen MR) is 75.8 cm³/mol. The largest absolute Gasteiger partial charge is 0.497 e. The summed E-state index contributed by atoms with van der Waals surface area (Å²) in [5, 5.41) is 0. The Kier molecular flexibility index (Phi) is 3.63. The molecule has 1 amide bonds. The molecule has 2 aliphatic rings. The molecule has 1 aromatic carbocycles. The molecule has 106 valence electrons. The fourth-order valence-corrected chi connectivity index (χ4v) is 2.74. The Morgan fingerprint density at radius 1 is 1.35 bits per heavy atom. The number of allylic oxidation sites excluding steroid dienone is 2. The normalized spacial score (nSPS) is 18.4. The van der Waals surface area contributed by atoms with Crippen LogP contribution in [-0.4, -0.2) is 31.1 Å². The minimum absolute atomic E-state index is 0.120. The first-order valence-corrected chi connectivity index (χ1v) is 7.01. The van der Waals surface area contributed by atoms with Gasteiger partial charge in [0, 0.05) is 24.1 Å². The van der Waals surface area contributed by atoms with E-state index in [0.29, 0.717) is 19.7 Å². The molecule has 0 saturated carbocycles. The number of hydrogen-bond donors (Lipinski definition) is 0. The second-order valence-corrected chi connectivity index (χ2v) is 5.22. The Morgan fingerprint density at radius 2 is 2.15 bits per heavy atom. The summed E-state index contributed by atoms with van der Waals surface area (Å²) in [6.07, 6.45) is 5.92. The number of amides is 1. The number of carbonyl (C=O) groups excluding carboxylic acids is 1. The van der Waals surface area contributed by atoms with Crippen molar-refractivity contribution in [1.82, 2.24) is 4.90 Å². The Hall–Kier alpha value is -1.97. The van der Waals surface area contributed by atoms with Gasteiger partial charge < -0.3 is 14.4 Å². The van der Waals surface area contributed by atoms with E-state index in [-0.39, 0.29) is 11.8 Å². The minimum atomic E-state index is 0.120. The van der Waals surface area contributed by atoms with Crippen LogP contribution in [0.25, 0.3) is 0 Å². The van der Waals surface area contributed by atoms with Crippen molar-refractivity contribution in [3.63, 3.8) is 0 Å². The van der Waals surface area contributed by atoms with E-state index in [1.54, 1.807) is 7.11 Å². The van der Waals surface area contributed by atoms with Crippen LogP contribution in [-0.2, 0) is 11.3 Å². The van der Waals surface area contributed by atoms with Gasteiger partial charge in [-0.15, -0.1) is 0 Å². The van der Waals surface area contributed by atoms with Crippen LogP contribution >= 0.6 is 0 Å². The molecule has 0 spiro atoms. The second kappa shape index (κ2) is 5.57. The molecule has 0 unspecified atom stereocenters. The van der Waals surface area contributed by atoms with Crippen LogP contribution in [0.1, 0.15) is 18.4 Å². The van der Waals surface area contributed by atoms with Crippen molar-refractivity contribution >= 4 is 5.91 Å². The first-order chi connectivity index (χ1) is 9.78. The van der Waals surface area contributed by atoms with E-state index in [4.69, 9.17) is 9.47 Å². The molecule has 20 heavy (non-hydrogen) atoms. The van der Waals surface area contributed by atoms with Gasteiger partial charge in [-0.05, 0) is 25.0 Å². The average Bonchev–Trinajstić information content (AvgIpc) is 2.92. The van der Waals surface area contributed by atoms with Crippen molar-refractivity contribution in [2.45, 2.75) is 19.4 Å². The summed E-state index contributed by atoms with van der Waals surface area (Å²) in [4.78, 5) is 14.4. The smallest absolute Gasteiger partial charge is 0.226 e. The lowest BCUT2D eigenvalue weighted by atomic mass is 10.1. The van der Waals surface area contributed by atoms with E-state index in [9.17, 15) is 4.79 Å². The zero-order valence-corrected chi connectivity index (χ0v) is 11.7. The van der Waals surface area contributed by atoms with Gasteiger partial charge in [-0.3, -0.25) is 4.79 Å². The SMILES string of the molecule is COc1ccc2c(c1)OCCN(C(=O)C1CC=CC1)C2. The summed E-state index contributed by atoms with van der Waals surface area (Å²) >= 11 is 0. The standard InChI is InChI=1S/C16H19NO3/c1-19-14-7-6-13-11-17(8-9-20-15(13)10-14)16(18)12-4-2-3-5-12/h2-3,6-7,10,12H,4-5,8-9,11H2,1H3. The second-order valence-electron chi connectivity index (χ2n) is 5.22. The molecule has 1 aliphatic carbocycles. The van der Waals surface area contributed by atoms with Crippen molar-refractivity contribution in [1.29, 1.82) is 0 Å². The van der Waals surface area contributed by atoms with Crippen LogP contribution < -0.4 is 9.47 Å². The molecule has 0 fully saturated rings. The summed E-state index contributed by atoms with van der Waals surface area (Å²) in [5.74, 6) is 1.96. The molecule has 0 N–H and O–H groups in total. The van der Waals surface area contributed by atoms with Gasteiger partial charge >= 0.3 is 0 Å². The molecule has 0 bridgehead atoms. The van der Waals surface area contributed by atoms with Gasteiger partial charge in [-0.25, -0.2) is 0 Å². The fraction of sp³-hybridized carbons (Fsp3) is 0.438. The summed E-state index contributed by atoms with van der Waals surface area (Å²) in [6.45, 7) is 1.80. The number of benzene rings is 1. The number of carbonyl (C=O) groups is 1. The number of rotatable bonds is 2. The highest BCUT2D eigenvalue weighted by Crippen LogP contribution is 2.29. The van der Waals surface area contributed by atoms with Crippen molar-refractivity contribution in [2.75, 3.05) is 20.3 Å². The molecule has 4 nitrogen and oxygen atoms in total. The molecule has 3 rings (SSSR count). The summed E-state index contributed by atoms with van der Waals surface area (Å²) in [5.41, 5.74) is 1.04. The Morgan fingerprint density at radius 3 is 2.90 bits per heavy atom. The lowest BCUT2D eigenvalue weighted by Crippen LogP contribution is -2.36. The van der Waals surface area contributed by atoms with Crippen molar-refractivity contribution in [2.24, 2.45) is 5.92 Å². The molecule has 4 heteroatoms. The topological polar surface area (TPSA) is 38.8 Å². The van der Waals surface area contributed by atoms with Crippen LogP contribution in [0.15, 0.2) is 30.4 Å². The first kappa shape index (κ1) is 13.0. The van der Waals surface area contributed by atoms with E-state index in [2.05, 4.69) is 12.2 Å². The van der Waals surface area contributed by atoms with Crippen LogP contribution in [0.5, 0.6) is 11.5 Å². The quantitative estimate of drug-likeness (QED) is 0.777. The van der Waals surface area contributed by atoms with Gasteiger partial charge in [0.05, 0.1) is 13.7 Å². The van der Waals surface area contributed by atoms with Crippen LogP contribution in [0.2, 0.25) is 0 Å². The molecular weight excluding hydrogens is 254 g/mol. The molecule has 1 aliphatic heterocycles. The van der Waals surface area contributed by atoms with Crippen LogP contribution in [0, 0.1) is 5.92 Å². The predicted octanol–water partition coefficient (Wildman–Crippen LogP) is 2.38. The molecule has 0 aromatic heterocycles. The molecule has 1 heterocycles. The zero-order valence-electron chi connectivity index (χ0n) is 11.7. The zero-order chi connectivity index (χ0) is 13.9. The average molecular weight is 273 g/mol. The number of fused-ring (bicyclic) bond motifs is 1. The van der Waals surface area contributed by atoms with Gasteiger partial charge in [0.2, 0.25) is 5.91 Å². The Balaban J connectivity index is 1.77. The number of methoxy groups -OCH3 is 1. The third kappa shape index (κ3) is 2.50. The number of hydrogen-bond acceptors (Lipinski definition) is 3.